The molecule has 0 aromatic carbocycles. The van der Waals surface area contributed by atoms with E-state index in [0.29, 0.717) is 13.0 Å². The van der Waals surface area contributed by atoms with Gasteiger partial charge in [-0.05, 0) is 12.3 Å². The molecule has 1 aliphatic rings. The van der Waals surface area contributed by atoms with Crippen molar-refractivity contribution in [1.29, 1.82) is 0 Å². The van der Waals surface area contributed by atoms with Crippen LogP contribution in [0.2, 0.25) is 0 Å². The number of rotatable bonds is 1. The van der Waals surface area contributed by atoms with Gasteiger partial charge in [-0.15, -0.1) is 0 Å². The minimum absolute atomic E-state index is 0.162. The van der Waals surface area contributed by atoms with Crippen LogP contribution in [-0.2, 0) is 14.3 Å². The van der Waals surface area contributed by atoms with Gasteiger partial charge in [0.05, 0.1) is 11.9 Å². The second-order valence-electron chi connectivity index (χ2n) is 2.70. The molecule has 1 aliphatic heterocycles. The van der Waals surface area contributed by atoms with E-state index in [4.69, 9.17) is 0 Å². The van der Waals surface area contributed by atoms with Crippen molar-refractivity contribution in [3.05, 3.63) is 0 Å². The van der Waals surface area contributed by atoms with Crippen LogP contribution in [0.4, 0.5) is 0 Å². The summed E-state index contributed by atoms with van der Waals surface area (Å²) in [6.45, 7) is 4.13. The SMILES string of the molecule is CCC1C(C)COS1(=O)=O. The van der Waals surface area contributed by atoms with Crippen LogP contribution >= 0.6 is 0 Å². The van der Waals surface area contributed by atoms with Crippen LogP contribution in [0, 0.1) is 5.92 Å². The Hall–Kier alpha value is -0.0900. The predicted octanol–water partition coefficient (Wildman–Crippen LogP) is 0.761. The van der Waals surface area contributed by atoms with E-state index in [2.05, 4.69) is 4.18 Å². The molecule has 10 heavy (non-hydrogen) atoms. The van der Waals surface area contributed by atoms with Crippen molar-refractivity contribution in [1.82, 2.24) is 0 Å². The van der Waals surface area contributed by atoms with Crippen LogP contribution in [0.25, 0.3) is 0 Å². The minimum Gasteiger partial charge on any atom is -0.270 e. The van der Waals surface area contributed by atoms with E-state index in [0.717, 1.165) is 0 Å². The Morgan fingerprint density at radius 2 is 2.20 bits per heavy atom. The maximum absolute atomic E-state index is 11.0. The van der Waals surface area contributed by atoms with E-state index < -0.39 is 10.1 Å². The van der Waals surface area contributed by atoms with Gasteiger partial charge in [0.2, 0.25) is 0 Å². The monoisotopic (exact) mass is 164 g/mol. The van der Waals surface area contributed by atoms with Gasteiger partial charge < -0.3 is 0 Å². The van der Waals surface area contributed by atoms with Crippen LogP contribution in [-0.4, -0.2) is 20.3 Å². The molecule has 1 rings (SSSR count). The Morgan fingerprint density at radius 1 is 1.60 bits per heavy atom. The van der Waals surface area contributed by atoms with Gasteiger partial charge in [0.1, 0.15) is 0 Å². The zero-order valence-electron chi connectivity index (χ0n) is 6.20. The highest BCUT2D eigenvalue weighted by molar-refractivity contribution is 7.87. The predicted molar refractivity (Wildman–Crippen MR) is 38.1 cm³/mol. The average molecular weight is 164 g/mol. The summed E-state index contributed by atoms with van der Waals surface area (Å²) in [6, 6.07) is 0. The molecule has 0 saturated carbocycles. The van der Waals surface area contributed by atoms with Crippen molar-refractivity contribution in [3.8, 4) is 0 Å². The summed E-state index contributed by atoms with van der Waals surface area (Å²) in [6.07, 6.45) is 0.656. The summed E-state index contributed by atoms with van der Waals surface area (Å²) < 4.78 is 26.6. The normalized spacial score (nSPS) is 38.2. The van der Waals surface area contributed by atoms with E-state index >= 15 is 0 Å². The third-order valence-electron chi connectivity index (χ3n) is 1.90. The van der Waals surface area contributed by atoms with Crippen LogP contribution < -0.4 is 0 Å². The fourth-order valence-corrected chi connectivity index (χ4v) is 2.92. The first-order valence-electron chi connectivity index (χ1n) is 3.46. The first-order valence-corrected chi connectivity index (χ1v) is 4.93. The molecule has 1 fully saturated rings. The van der Waals surface area contributed by atoms with Crippen molar-refractivity contribution in [3.63, 3.8) is 0 Å². The summed E-state index contributed by atoms with van der Waals surface area (Å²) in [5.74, 6) is 0.162. The quantitative estimate of drug-likeness (QED) is 0.537. The highest BCUT2D eigenvalue weighted by Gasteiger charge is 2.37. The van der Waals surface area contributed by atoms with Crippen LogP contribution in [0.5, 0.6) is 0 Å². The largest absolute Gasteiger partial charge is 0.270 e. The number of hydrogen-bond acceptors (Lipinski definition) is 3. The van der Waals surface area contributed by atoms with Gasteiger partial charge in [-0.3, -0.25) is 4.18 Å². The van der Waals surface area contributed by atoms with Crippen LogP contribution in [0.1, 0.15) is 20.3 Å². The van der Waals surface area contributed by atoms with Crippen molar-refractivity contribution < 1.29 is 12.6 Å². The Labute approximate surface area is 61.5 Å². The molecule has 3 nitrogen and oxygen atoms in total. The smallest absolute Gasteiger partial charge is 0.270 e. The zero-order valence-corrected chi connectivity index (χ0v) is 7.02. The molecule has 0 bridgehead atoms. The fourth-order valence-electron chi connectivity index (χ4n) is 1.29. The molecule has 0 radical (unpaired) electrons. The molecule has 0 spiro atoms. The van der Waals surface area contributed by atoms with Gasteiger partial charge in [-0.25, -0.2) is 0 Å². The fraction of sp³-hybridized carbons (Fsp3) is 1.00. The lowest BCUT2D eigenvalue weighted by Crippen LogP contribution is -2.19. The molecule has 0 N–H and O–H groups in total. The Kier molecular flexibility index (Phi) is 2.01. The van der Waals surface area contributed by atoms with Crippen LogP contribution in [0.3, 0.4) is 0 Å². The van der Waals surface area contributed by atoms with E-state index in [1.807, 2.05) is 13.8 Å². The topological polar surface area (TPSA) is 43.4 Å². The lowest BCUT2D eigenvalue weighted by molar-refractivity contribution is 0.317. The molecule has 2 unspecified atom stereocenters. The van der Waals surface area contributed by atoms with E-state index in [1.165, 1.54) is 0 Å². The van der Waals surface area contributed by atoms with Gasteiger partial charge in [-0.1, -0.05) is 13.8 Å². The zero-order chi connectivity index (χ0) is 7.78. The van der Waals surface area contributed by atoms with Crippen molar-refractivity contribution in [2.24, 2.45) is 5.92 Å². The molecular formula is C6H12O3S. The van der Waals surface area contributed by atoms with Crippen molar-refractivity contribution >= 4 is 10.1 Å². The maximum Gasteiger partial charge on any atom is 0.270 e. The summed E-state index contributed by atoms with van der Waals surface area (Å²) in [5.41, 5.74) is 0. The lowest BCUT2D eigenvalue weighted by atomic mass is 10.1. The molecule has 1 heterocycles. The number of hydrogen-bond donors (Lipinski definition) is 0. The van der Waals surface area contributed by atoms with Gasteiger partial charge in [0, 0.05) is 0 Å². The highest BCUT2D eigenvalue weighted by atomic mass is 32.2. The second-order valence-corrected chi connectivity index (χ2v) is 4.53. The molecule has 0 aliphatic carbocycles. The lowest BCUT2D eigenvalue weighted by Gasteiger charge is -2.06. The molecule has 0 amide bonds. The van der Waals surface area contributed by atoms with E-state index in [1.54, 1.807) is 0 Å². The maximum atomic E-state index is 11.0. The Morgan fingerprint density at radius 3 is 2.40 bits per heavy atom. The molecule has 4 heteroatoms. The van der Waals surface area contributed by atoms with Crippen molar-refractivity contribution in [2.45, 2.75) is 25.5 Å². The Balaban J connectivity index is 2.84. The molecule has 0 aromatic rings. The van der Waals surface area contributed by atoms with Crippen molar-refractivity contribution in [2.75, 3.05) is 6.61 Å². The van der Waals surface area contributed by atoms with Gasteiger partial charge >= 0.3 is 0 Å². The standard InChI is InChI=1S/C6H12O3S/c1-3-6-5(2)4-9-10(6,7)8/h5-6H,3-4H2,1-2H3. The van der Waals surface area contributed by atoms with E-state index in [-0.39, 0.29) is 11.2 Å². The molecule has 1 saturated heterocycles. The summed E-state index contributed by atoms with van der Waals surface area (Å²) in [7, 11) is -3.19. The first kappa shape index (κ1) is 8.01. The third-order valence-corrected chi connectivity index (χ3v) is 3.91. The molecule has 2 atom stereocenters. The molecular weight excluding hydrogens is 152 g/mol. The van der Waals surface area contributed by atoms with E-state index in [9.17, 15) is 8.42 Å². The molecule has 0 aromatic heterocycles. The Bertz CT molecular complexity index is 207. The second kappa shape index (κ2) is 2.51. The van der Waals surface area contributed by atoms with Gasteiger partial charge in [0.25, 0.3) is 10.1 Å². The average Bonchev–Trinajstić information content (AvgIpc) is 2.07. The summed E-state index contributed by atoms with van der Waals surface area (Å²) in [4.78, 5) is 0. The first-order chi connectivity index (χ1) is 4.58. The highest BCUT2D eigenvalue weighted by Crippen LogP contribution is 2.25. The third kappa shape index (κ3) is 1.18. The molecule has 60 valence electrons. The summed E-state index contributed by atoms with van der Waals surface area (Å²) >= 11 is 0. The summed E-state index contributed by atoms with van der Waals surface area (Å²) in [5, 5.41) is -0.271. The van der Waals surface area contributed by atoms with Gasteiger partial charge in [0.15, 0.2) is 0 Å². The minimum atomic E-state index is -3.19. The van der Waals surface area contributed by atoms with Gasteiger partial charge in [-0.2, -0.15) is 8.42 Å². The van der Waals surface area contributed by atoms with Crippen LogP contribution in [0.15, 0.2) is 0 Å².